The molecule has 0 spiro atoms. The first-order valence-corrected chi connectivity index (χ1v) is 6.12. The van der Waals surface area contributed by atoms with Crippen LogP contribution < -0.4 is 0 Å². The van der Waals surface area contributed by atoms with Gasteiger partial charge in [0, 0.05) is 13.1 Å². The van der Waals surface area contributed by atoms with Crippen molar-refractivity contribution in [3.63, 3.8) is 0 Å². The van der Waals surface area contributed by atoms with Gasteiger partial charge in [-0.3, -0.25) is 0 Å². The number of nitrogens with zero attached hydrogens (tertiary/aromatic N) is 1. The highest BCUT2D eigenvalue weighted by Gasteiger charge is 2.32. The predicted octanol–water partition coefficient (Wildman–Crippen LogP) is 3.05. The summed E-state index contributed by atoms with van der Waals surface area (Å²) in [5.41, 5.74) is 1.02. The number of carbonyl (C=O) groups excluding carboxylic acids is 1. The van der Waals surface area contributed by atoms with Crippen LogP contribution in [0.15, 0.2) is 30.3 Å². The summed E-state index contributed by atoms with van der Waals surface area (Å²) in [6.45, 7) is 2.43. The van der Waals surface area contributed by atoms with E-state index in [0.29, 0.717) is 18.6 Å². The van der Waals surface area contributed by atoms with Gasteiger partial charge in [0.2, 0.25) is 0 Å². The molecule has 0 heterocycles. The number of benzene rings is 1. The SMILES string of the molecule is CC(C1CC1)N(C)C(=O)OCc1ccccc1. The van der Waals surface area contributed by atoms with Crippen molar-refractivity contribution in [2.75, 3.05) is 7.05 Å². The third kappa shape index (κ3) is 3.22. The Morgan fingerprint density at radius 2 is 2.06 bits per heavy atom. The summed E-state index contributed by atoms with van der Waals surface area (Å²) in [5, 5.41) is 0. The van der Waals surface area contributed by atoms with Crippen molar-refractivity contribution in [3.05, 3.63) is 35.9 Å². The van der Waals surface area contributed by atoms with E-state index >= 15 is 0 Å². The zero-order chi connectivity index (χ0) is 12.3. The lowest BCUT2D eigenvalue weighted by Crippen LogP contribution is -2.36. The lowest BCUT2D eigenvalue weighted by atomic mass is 10.2. The quantitative estimate of drug-likeness (QED) is 0.800. The summed E-state index contributed by atoms with van der Waals surface area (Å²) < 4.78 is 5.28. The number of ether oxygens (including phenoxy) is 1. The molecule has 2 rings (SSSR count). The van der Waals surface area contributed by atoms with Crippen LogP contribution in [0.2, 0.25) is 0 Å². The van der Waals surface area contributed by atoms with Gasteiger partial charge in [-0.25, -0.2) is 4.79 Å². The fourth-order valence-corrected chi connectivity index (χ4v) is 1.88. The van der Waals surface area contributed by atoms with Gasteiger partial charge < -0.3 is 9.64 Å². The number of hydrogen-bond donors (Lipinski definition) is 0. The van der Waals surface area contributed by atoms with E-state index in [1.165, 1.54) is 12.8 Å². The minimum Gasteiger partial charge on any atom is -0.445 e. The van der Waals surface area contributed by atoms with Crippen LogP contribution >= 0.6 is 0 Å². The second-order valence-corrected chi connectivity index (χ2v) is 4.73. The third-order valence-corrected chi connectivity index (χ3v) is 3.41. The molecule has 1 amide bonds. The van der Waals surface area contributed by atoms with Crippen LogP contribution in [0.3, 0.4) is 0 Å². The predicted molar refractivity (Wildman–Crippen MR) is 66.6 cm³/mol. The molecule has 1 aromatic carbocycles. The van der Waals surface area contributed by atoms with Gasteiger partial charge in [0.1, 0.15) is 6.61 Å². The summed E-state index contributed by atoms with van der Waals surface area (Å²) >= 11 is 0. The standard InChI is InChI=1S/C14H19NO2/c1-11(13-8-9-13)15(2)14(16)17-10-12-6-4-3-5-7-12/h3-7,11,13H,8-10H2,1-2H3. The molecule has 0 saturated heterocycles. The van der Waals surface area contributed by atoms with Crippen LogP contribution in [0.4, 0.5) is 4.79 Å². The Morgan fingerprint density at radius 3 is 2.65 bits per heavy atom. The molecule has 3 nitrogen and oxygen atoms in total. The first kappa shape index (κ1) is 12.0. The monoisotopic (exact) mass is 233 g/mol. The molecular weight excluding hydrogens is 214 g/mol. The van der Waals surface area contributed by atoms with Crippen LogP contribution in [-0.2, 0) is 11.3 Å². The van der Waals surface area contributed by atoms with E-state index in [2.05, 4.69) is 6.92 Å². The highest BCUT2D eigenvalue weighted by molar-refractivity contribution is 5.67. The Hall–Kier alpha value is -1.51. The Kier molecular flexibility index (Phi) is 3.67. The largest absolute Gasteiger partial charge is 0.445 e. The Labute approximate surface area is 102 Å². The minimum absolute atomic E-state index is 0.228. The van der Waals surface area contributed by atoms with Crippen molar-refractivity contribution in [2.24, 2.45) is 5.92 Å². The summed E-state index contributed by atoms with van der Waals surface area (Å²) in [5.74, 6) is 0.671. The van der Waals surface area contributed by atoms with Gasteiger partial charge in [0.15, 0.2) is 0 Å². The van der Waals surface area contributed by atoms with Crippen LogP contribution in [0.5, 0.6) is 0 Å². The lowest BCUT2D eigenvalue weighted by molar-refractivity contribution is 0.0901. The summed E-state index contributed by atoms with van der Waals surface area (Å²) in [6.07, 6.45) is 2.24. The van der Waals surface area contributed by atoms with Crippen molar-refractivity contribution in [3.8, 4) is 0 Å². The van der Waals surface area contributed by atoms with Crippen LogP contribution in [0.25, 0.3) is 0 Å². The van der Waals surface area contributed by atoms with Gasteiger partial charge in [0.05, 0.1) is 0 Å². The zero-order valence-corrected chi connectivity index (χ0v) is 10.4. The number of rotatable bonds is 4. The van der Waals surface area contributed by atoms with Crippen molar-refractivity contribution in [2.45, 2.75) is 32.4 Å². The van der Waals surface area contributed by atoms with Crippen LogP contribution in [0, 0.1) is 5.92 Å². The van der Waals surface area contributed by atoms with E-state index in [9.17, 15) is 4.79 Å². The Bertz CT molecular complexity index is 373. The lowest BCUT2D eigenvalue weighted by Gasteiger charge is -2.24. The van der Waals surface area contributed by atoms with E-state index in [1.807, 2.05) is 37.4 Å². The molecule has 0 aliphatic heterocycles. The van der Waals surface area contributed by atoms with Gasteiger partial charge in [0.25, 0.3) is 0 Å². The average molecular weight is 233 g/mol. The van der Waals surface area contributed by atoms with Crippen LogP contribution in [0.1, 0.15) is 25.3 Å². The van der Waals surface area contributed by atoms with Gasteiger partial charge in [-0.05, 0) is 31.2 Å². The van der Waals surface area contributed by atoms with Crippen molar-refractivity contribution < 1.29 is 9.53 Å². The van der Waals surface area contributed by atoms with E-state index in [0.717, 1.165) is 5.56 Å². The van der Waals surface area contributed by atoms with Crippen molar-refractivity contribution in [1.82, 2.24) is 4.90 Å². The fourth-order valence-electron chi connectivity index (χ4n) is 1.88. The van der Waals surface area contributed by atoms with Gasteiger partial charge >= 0.3 is 6.09 Å². The molecule has 92 valence electrons. The molecule has 1 aliphatic rings. The van der Waals surface area contributed by atoms with Crippen molar-refractivity contribution in [1.29, 1.82) is 0 Å². The maximum absolute atomic E-state index is 11.8. The molecular formula is C14H19NO2. The number of carbonyl (C=O) groups is 1. The highest BCUT2D eigenvalue weighted by atomic mass is 16.6. The minimum atomic E-state index is -0.228. The van der Waals surface area contributed by atoms with Gasteiger partial charge in [-0.15, -0.1) is 0 Å². The second-order valence-electron chi connectivity index (χ2n) is 4.73. The smallest absolute Gasteiger partial charge is 0.410 e. The molecule has 17 heavy (non-hydrogen) atoms. The molecule has 1 aromatic rings. The van der Waals surface area contributed by atoms with Crippen molar-refractivity contribution >= 4 is 6.09 Å². The molecule has 0 bridgehead atoms. The van der Waals surface area contributed by atoms with E-state index in [4.69, 9.17) is 4.74 Å². The first-order valence-electron chi connectivity index (χ1n) is 6.12. The number of amides is 1. The summed E-state index contributed by atoms with van der Waals surface area (Å²) in [7, 11) is 1.82. The van der Waals surface area contributed by atoms with Gasteiger partial charge in [-0.2, -0.15) is 0 Å². The molecule has 1 aliphatic carbocycles. The maximum Gasteiger partial charge on any atom is 0.410 e. The van der Waals surface area contributed by atoms with E-state index in [-0.39, 0.29) is 6.09 Å². The average Bonchev–Trinajstić information content (AvgIpc) is 3.19. The molecule has 1 atom stereocenters. The Balaban J connectivity index is 1.80. The van der Waals surface area contributed by atoms with E-state index < -0.39 is 0 Å². The second kappa shape index (κ2) is 5.21. The Morgan fingerprint density at radius 1 is 1.41 bits per heavy atom. The normalized spacial score (nSPS) is 16.4. The molecule has 0 radical (unpaired) electrons. The summed E-state index contributed by atoms with van der Waals surface area (Å²) in [4.78, 5) is 13.5. The number of hydrogen-bond acceptors (Lipinski definition) is 2. The first-order chi connectivity index (χ1) is 8.18. The topological polar surface area (TPSA) is 29.5 Å². The fraction of sp³-hybridized carbons (Fsp3) is 0.500. The van der Waals surface area contributed by atoms with E-state index in [1.54, 1.807) is 4.90 Å². The summed E-state index contributed by atoms with van der Waals surface area (Å²) in [6, 6.07) is 10.0. The molecule has 3 heteroatoms. The molecule has 0 N–H and O–H groups in total. The molecule has 0 aromatic heterocycles. The third-order valence-electron chi connectivity index (χ3n) is 3.41. The zero-order valence-electron chi connectivity index (χ0n) is 10.4. The van der Waals surface area contributed by atoms with Crippen LogP contribution in [-0.4, -0.2) is 24.1 Å². The maximum atomic E-state index is 11.8. The molecule has 1 unspecified atom stereocenters. The molecule has 1 fully saturated rings. The molecule has 1 saturated carbocycles. The highest BCUT2D eigenvalue weighted by Crippen LogP contribution is 2.34. The van der Waals surface area contributed by atoms with Gasteiger partial charge in [-0.1, -0.05) is 30.3 Å².